The number of anilines is 1. The smallest absolute Gasteiger partial charge is 0.416 e. The molecule has 1 aromatic heterocycles. The van der Waals surface area contributed by atoms with Gasteiger partial charge >= 0.3 is 6.18 Å². The van der Waals surface area contributed by atoms with Crippen molar-refractivity contribution in [3.8, 4) is 17.3 Å². The van der Waals surface area contributed by atoms with E-state index in [0.29, 0.717) is 16.9 Å². The van der Waals surface area contributed by atoms with Crippen LogP contribution >= 0.6 is 15.9 Å². The lowest BCUT2D eigenvalue weighted by molar-refractivity contribution is -0.137. The Hall–Kier alpha value is -2.94. The normalized spacial score (nSPS) is 11.3. The van der Waals surface area contributed by atoms with Crippen molar-refractivity contribution in [1.29, 1.82) is 0 Å². The second-order valence-electron chi connectivity index (χ2n) is 6.57. The van der Waals surface area contributed by atoms with Crippen LogP contribution < -0.4 is 10.1 Å². The molecule has 156 valence electrons. The molecule has 0 radical (unpaired) electrons. The molecule has 0 saturated heterocycles. The van der Waals surface area contributed by atoms with Gasteiger partial charge in [0.1, 0.15) is 0 Å². The topological polar surface area (TPSA) is 64.1 Å². The van der Waals surface area contributed by atoms with E-state index in [1.54, 1.807) is 19.1 Å². The van der Waals surface area contributed by atoms with Gasteiger partial charge in [0.05, 0.1) is 11.3 Å². The van der Waals surface area contributed by atoms with Gasteiger partial charge in [-0.15, -0.1) is 0 Å². The van der Waals surface area contributed by atoms with Gasteiger partial charge in [-0.05, 0) is 59.6 Å². The van der Waals surface area contributed by atoms with E-state index in [0.717, 1.165) is 22.2 Å². The third kappa shape index (κ3) is 5.56. The van der Waals surface area contributed by atoms with Crippen molar-refractivity contribution in [3.05, 3.63) is 69.8 Å². The maximum Gasteiger partial charge on any atom is 0.416 e. The van der Waals surface area contributed by atoms with E-state index in [1.165, 1.54) is 12.1 Å². The van der Waals surface area contributed by atoms with Gasteiger partial charge in [-0.1, -0.05) is 18.2 Å². The summed E-state index contributed by atoms with van der Waals surface area (Å²) in [6.07, 6.45) is -4.42. The average Bonchev–Trinajstić information content (AvgIpc) is 2.68. The third-order valence-electron chi connectivity index (χ3n) is 4.05. The standard InChI is InChI=1S/C21H17BrF3N3O2/c1-12-3-8-17(16(22)9-12)27-18(29)11-30-19-10-13(2)26-20(28-19)14-4-6-15(7-5-14)21(23,24)25/h3-10H,11H2,1-2H3,(H,27,29). The van der Waals surface area contributed by atoms with Gasteiger partial charge in [0.15, 0.2) is 12.4 Å². The average molecular weight is 480 g/mol. The number of amides is 1. The first-order valence-corrected chi connectivity index (χ1v) is 9.63. The summed E-state index contributed by atoms with van der Waals surface area (Å²) in [7, 11) is 0. The van der Waals surface area contributed by atoms with Crippen molar-refractivity contribution >= 4 is 27.5 Å². The Morgan fingerprint density at radius 3 is 2.40 bits per heavy atom. The SMILES string of the molecule is Cc1ccc(NC(=O)COc2cc(C)nc(-c3ccc(C(F)(F)F)cc3)n2)c(Br)c1. The quantitative estimate of drug-likeness (QED) is 0.520. The van der Waals surface area contributed by atoms with Crippen LogP contribution in [0.3, 0.4) is 0 Å². The summed E-state index contributed by atoms with van der Waals surface area (Å²) in [4.78, 5) is 20.6. The molecule has 0 aliphatic heterocycles. The molecule has 0 aliphatic carbocycles. The lowest BCUT2D eigenvalue weighted by Crippen LogP contribution is -2.21. The maximum absolute atomic E-state index is 12.7. The highest BCUT2D eigenvalue weighted by Crippen LogP contribution is 2.30. The first-order valence-electron chi connectivity index (χ1n) is 8.84. The minimum atomic E-state index is -4.42. The van der Waals surface area contributed by atoms with Crippen molar-refractivity contribution in [1.82, 2.24) is 9.97 Å². The van der Waals surface area contributed by atoms with Crippen LogP contribution in [0.1, 0.15) is 16.8 Å². The van der Waals surface area contributed by atoms with Gasteiger partial charge in [0.2, 0.25) is 5.88 Å². The Bertz CT molecular complexity index is 1070. The number of alkyl halides is 3. The van der Waals surface area contributed by atoms with Gasteiger partial charge in [-0.2, -0.15) is 18.2 Å². The summed E-state index contributed by atoms with van der Waals surface area (Å²) >= 11 is 3.39. The summed E-state index contributed by atoms with van der Waals surface area (Å²) in [5, 5.41) is 2.73. The monoisotopic (exact) mass is 479 g/mol. The number of rotatable bonds is 5. The van der Waals surface area contributed by atoms with Crippen molar-refractivity contribution in [2.75, 3.05) is 11.9 Å². The summed E-state index contributed by atoms with van der Waals surface area (Å²) in [5.41, 5.74) is 1.86. The zero-order valence-electron chi connectivity index (χ0n) is 16.0. The number of nitrogens with one attached hydrogen (secondary N) is 1. The molecule has 30 heavy (non-hydrogen) atoms. The Morgan fingerprint density at radius 2 is 1.77 bits per heavy atom. The third-order valence-corrected chi connectivity index (χ3v) is 4.71. The van der Waals surface area contributed by atoms with Crippen LogP contribution in [-0.2, 0) is 11.0 Å². The molecule has 1 amide bonds. The van der Waals surface area contributed by atoms with Crippen LogP contribution in [0.4, 0.5) is 18.9 Å². The summed E-state index contributed by atoms with van der Waals surface area (Å²) in [5.74, 6) is -0.0252. The minimum absolute atomic E-state index is 0.149. The molecule has 0 atom stereocenters. The number of hydrogen-bond donors (Lipinski definition) is 1. The molecule has 0 unspecified atom stereocenters. The highest BCUT2D eigenvalue weighted by Gasteiger charge is 2.30. The van der Waals surface area contributed by atoms with Crippen LogP contribution in [0.25, 0.3) is 11.4 Å². The predicted octanol–water partition coefficient (Wildman–Crippen LogP) is 5.56. The number of aromatic nitrogens is 2. The van der Waals surface area contributed by atoms with Crippen LogP contribution in [0.2, 0.25) is 0 Å². The van der Waals surface area contributed by atoms with E-state index in [9.17, 15) is 18.0 Å². The Balaban J connectivity index is 1.70. The van der Waals surface area contributed by atoms with E-state index in [4.69, 9.17) is 4.74 Å². The first kappa shape index (κ1) is 21.8. The Labute approximate surface area is 179 Å². The fourth-order valence-corrected chi connectivity index (χ4v) is 3.19. The lowest BCUT2D eigenvalue weighted by Gasteiger charge is -2.11. The zero-order chi connectivity index (χ0) is 21.9. The van der Waals surface area contributed by atoms with Gasteiger partial charge in [-0.25, -0.2) is 4.98 Å². The molecule has 3 rings (SSSR count). The molecule has 0 fully saturated rings. The molecule has 9 heteroatoms. The number of carbonyl (C=O) groups excluding carboxylic acids is 1. The van der Waals surface area contributed by atoms with Crippen molar-refractivity contribution in [2.45, 2.75) is 20.0 Å². The highest BCUT2D eigenvalue weighted by molar-refractivity contribution is 9.10. The van der Waals surface area contributed by atoms with E-state index in [-0.39, 0.29) is 24.2 Å². The Morgan fingerprint density at radius 1 is 1.07 bits per heavy atom. The summed E-state index contributed by atoms with van der Waals surface area (Å²) in [6, 6.07) is 11.6. The zero-order valence-corrected chi connectivity index (χ0v) is 17.6. The maximum atomic E-state index is 12.7. The van der Waals surface area contributed by atoms with E-state index < -0.39 is 11.7 Å². The van der Waals surface area contributed by atoms with Gasteiger partial charge in [0, 0.05) is 21.8 Å². The number of nitrogens with zero attached hydrogens (tertiary/aromatic N) is 2. The number of halogens is 4. The summed E-state index contributed by atoms with van der Waals surface area (Å²) in [6.45, 7) is 3.35. The number of benzene rings is 2. The second-order valence-corrected chi connectivity index (χ2v) is 7.42. The molecule has 0 aliphatic rings. The fraction of sp³-hybridized carbons (Fsp3) is 0.190. The largest absolute Gasteiger partial charge is 0.467 e. The van der Waals surface area contributed by atoms with Crippen molar-refractivity contribution in [3.63, 3.8) is 0 Å². The van der Waals surface area contributed by atoms with Crippen LogP contribution in [0, 0.1) is 13.8 Å². The van der Waals surface area contributed by atoms with E-state index in [2.05, 4.69) is 31.2 Å². The molecule has 5 nitrogen and oxygen atoms in total. The molecule has 3 aromatic rings. The first-order chi connectivity index (χ1) is 14.1. The number of carbonyl (C=O) groups is 1. The van der Waals surface area contributed by atoms with Crippen LogP contribution in [-0.4, -0.2) is 22.5 Å². The van der Waals surface area contributed by atoms with Gasteiger partial charge in [-0.3, -0.25) is 4.79 Å². The molecule has 1 heterocycles. The van der Waals surface area contributed by atoms with E-state index >= 15 is 0 Å². The molecule has 1 N–H and O–H groups in total. The summed E-state index contributed by atoms with van der Waals surface area (Å²) < 4.78 is 44.4. The molecule has 0 saturated carbocycles. The molecule has 0 bridgehead atoms. The number of ether oxygens (including phenoxy) is 1. The lowest BCUT2D eigenvalue weighted by atomic mass is 10.1. The molecular formula is C21H17BrF3N3O2. The van der Waals surface area contributed by atoms with Gasteiger partial charge in [0.25, 0.3) is 5.91 Å². The molecule has 0 spiro atoms. The second kappa shape index (κ2) is 8.83. The minimum Gasteiger partial charge on any atom is -0.467 e. The van der Waals surface area contributed by atoms with Crippen LogP contribution in [0.15, 0.2) is 53.0 Å². The van der Waals surface area contributed by atoms with Gasteiger partial charge < -0.3 is 10.1 Å². The van der Waals surface area contributed by atoms with Crippen LogP contribution in [0.5, 0.6) is 5.88 Å². The fourth-order valence-electron chi connectivity index (χ4n) is 2.60. The molecule has 2 aromatic carbocycles. The van der Waals surface area contributed by atoms with Crippen molar-refractivity contribution < 1.29 is 22.7 Å². The Kier molecular flexibility index (Phi) is 6.40. The van der Waals surface area contributed by atoms with Crippen molar-refractivity contribution in [2.24, 2.45) is 0 Å². The number of aryl methyl sites for hydroxylation is 2. The van der Waals surface area contributed by atoms with E-state index in [1.807, 2.05) is 19.1 Å². The predicted molar refractivity (Wildman–Crippen MR) is 110 cm³/mol. The number of hydrogen-bond acceptors (Lipinski definition) is 4. The highest BCUT2D eigenvalue weighted by atomic mass is 79.9. The molecular weight excluding hydrogens is 463 g/mol.